The molecule has 0 amide bonds. The minimum absolute atomic E-state index is 0. The Morgan fingerprint density at radius 2 is 0.886 bits per heavy atom. The van der Waals surface area contributed by atoms with Crippen LogP contribution in [0.25, 0.3) is 0 Å². The molecule has 5 rings (SSSR count). The van der Waals surface area contributed by atoms with Crippen LogP contribution in [0.4, 0.5) is 0 Å². The largest absolute Gasteiger partial charge is 2.00 e. The van der Waals surface area contributed by atoms with Crippen molar-refractivity contribution in [3.05, 3.63) is 154 Å². The van der Waals surface area contributed by atoms with Crippen LogP contribution in [-0.2, 0) is 45.3 Å². The third kappa shape index (κ3) is 7.66. The normalized spacial score (nSPS) is 17.3. The smallest absolute Gasteiger partial charge is 0.720 e. The molecular weight excluding hydrogens is 545 g/mol. The number of hydrogen-bond acceptors (Lipinski definition) is 3. The Morgan fingerprint density at radius 3 is 1.20 bits per heavy atom. The van der Waals surface area contributed by atoms with Crippen LogP contribution in [0.5, 0.6) is 0 Å². The van der Waals surface area contributed by atoms with Crippen LogP contribution in [0.15, 0.2) is 91.0 Å². The second-order valence-electron chi connectivity index (χ2n) is 7.47. The molecule has 2 nitrogen and oxygen atoms in total. The molecular formula is C28H28FeNOPS2Si+2. The molecule has 178 valence electrons. The number of rotatable bonds is 6. The molecule has 7 heteroatoms. The van der Waals surface area contributed by atoms with Gasteiger partial charge in [0.05, 0.1) is 0 Å². The molecule has 1 atom stereocenters. The van der Waals surface area contributed by atoms with Crippen LogP contribution in [0.3, 0.4) is 0 Å². The van der Waals surface area contributed by atoms with Gasteiger partial charge in [0.2, 0.25) is 0 Å². The second kappa shape index (κ2) is 14.9. The van der Waals surface area contributed by atoms with Gasteiger partial charge in [-0.2, -0.15) is 0 Å². The first-order chi connectivity index (χ1) is 16.1. The van der Waals surface area contributed by atoms with E-state index in [9.17, 15) is 0 Å². The third-order valence-corrected chi connectivity index (χ3v) is 14.3. The molecule has 2 aliphatic carbocycles. The van der Waals surface area contributed by atoms with Gasteiger partial charge in [-0.1, -0.05) is 108 Å². The van der Waals surface area contributed by atoms with Crippen molar-refractivity contribution in [2.45, 2.75) is 0 Å². The van der Waals surface area contributed by atoms with E-state index in [0.29, 0.717) is 0 Å². The van der Waals surface area contributed by atoms with E-state index in [1.807, 2.05) is 76.0 Å². The molecule has 0 aromatic heterocycles. The number of quaternary nitrogens is 1. The molecule has 0 spiro atoms. The molecule has 3 aromatic carbocycles. The van der Waals surface area contributed by atoms with Gasteiger partial charge in [-0.05, 0) is 73.3 Å². The van der Waals surface area contributed by atoms with E-state index in [-0.39, 0.29) is 23.2 Å². The fraction of sp³-hybridized carbons (Fsp3) is 0. The van der Waals surface area contributed by atoms with Crippen molar-refractivity contribution in [2.24, 2.45) is 0 Å². The van der Waals surface area contributed by atoms with Gasteiger partial charge in [0.15, 0.2) is 0 Å². The maximum Gasteiger partial charge on any atom is 2.00 e. The van der Waals surface area contributed by atoms with Crippen molar-refractivity contribution in [3.63, 3.8) is 0 Å². The number of benzene rings is 3. The molecule has 0 aliphatic heterocycles. The minimum atomic E-state index is -2.87. The Kier molecular flexibility index (Phi) is 13.0. The van der Waals surface area contributed by atoms with E-state index in [4.69, 9.17) is 28.3 Å². The first-order valence-electron chi connectivity index (χ1n) is 10.7. The quantitative estimate of drug-likeness (QED) is 0.189. The van der Waals surface area contributed by atoms with Gasteiger partial charge >= 0.3 is 17.1 Å². The van der Waals surface area contributed by atoms with Gasteiger partial charge in [-0.15, -0.1) is 0 Å². The molecule has 2 saturated carbocycles. The Balaban J connectivity index is 0.000000551. The van der Waals surface area contributed by atoms with Gasteiger partial charge in [0.1, 0.15) is 0 Å². The summed E-state index contributed by atoms with van der Waals surface area (Å²) in [6, 6.07) is 31.3. The van der Waals surface area contributed by atoms with E-state index in [2.05, 4.69) is 72.8 Å². The summed E-state index contributed by atoms with van der Waals surface area (Å²) in [5, 5.41) is 3.45. The SMILES string of the molecule is S=P([S-])(O[Si](c1ccccc1)(c1ccccc1)c1ccccc1)[C]1[CH][CH][CH][CH]1.[CH]1[CH][CH][CH][CH]1.[Fe+2].[NH4+]. The van der Waals surface area contributed by atoms with E-state index in [1.165, 1.54) is 0 Å². The summed E-state index contributed by atoms with van der Waals surface area (Å²) in [7, 11) is -2.87. The van der Waals surface area contributed by atoms with E-state index >= 15 is 0 Å². The summed E-state index contributed by atoms with van der Waals surface area (Å²) < 4.78 is 7.01. The van der Waals surface area contributed by atoms with Crippen molar-refractivity contribution in [2.75, 3.05) is 0 Å². The Hall–Kier alpha value is -0.684. The molecule has 4 N–H and O–H groups in total. The van der Waals surface area contributed by atoms with E-state index in [0.717, 1.165) is 21.2 Å². The average Bonchev–Trinajstić information content (AvgIpc) is 3.62. The fourth-order valence-corrected chi connectivity index (χ4v) is 13.2. The van der Waals surface area contributed by atoms with Crippen molar-refractivity contribution in [3.8, 4) is 0 Å². The minimum Gasteiger partial charge on any atom is -0.720 e. The first-order valence-corrected chi connectivity index (χ1v) is 16.3. The van der Waals surface area contributed by atoms with Gasteiger partial charge in [0.25, 0.3) is 8.32 Å². The topological polar surface area (TPSA) is 45.7 Å². The molecule has 2 aliphatic rings. The molecule has 3 aromatic rings. The monoisotopic (exact) mass is 573 g/mol. The fourth-order valence-electron chi connectivity index (χ4n) is 3.78. The van der Waals surface area contributed by atoms with Gasteiger partial charge in [-0.3, -0.25) is 0 Å². The molecule has 0 bridgehead atoms. The average molecular weight is 574 g/mol. The maximum atomic E-state index is 7.01. The van der Waals surface area contributed by atoms with Crippen LogP contribution in [0, 0.1) is 63.4 Å². The van der Waals surface area contributed by atoms with E-state index < -0.39 is 13.8 Å². The predicted molar refractivity (Wildman–Crippen MR) is 155 cm³/mol. The van der Waals surface area contributed by atoms with Crippen molar-refractivity contribution >= 4 is 53.4 Å². The Morgan fingerprint density at radius 1 is 0.571 bits per heavy atom. The van der Waals surface area contributed by atoms with Crippen LogP contribution in [0.1, 0.15) is 0 Å². The van der Waals surface area contributed by atoms with Gasteiger partial charge in [-0.25, -0.2) is 0 Å². The summed E-state index contributed by atoms with van der Waals surface area (Å²) in [5.41, 5.74) is -1.69. The third-order valence-electron chi connectivity index (χ3n) is 5.31. The molecule has 1 unspecified atom stereocenters. The van der Waals surface area contributed by atoms with Crippen molar-refractivity contribution < 1.29 is 21.3 Å². The van der Waals surface area contributed by atoms with Crippen LogP contribution >= 0.6 is 5.47 Å². The Bertz CT molecular complexity index is 928. The van der Waals surface area contributed by atoms with Crippen molar-refractivity contribution in [1.82, 2.24) is 6.15 Å². The van der Waals surface area contributed by atoms with E-state index in [1.54, 1.807) is 0 Å². The maximum absolute atomic E-state index is 7.01. The second-order valence-corrected chi connectivity index (χ2v) is 16.6. The molecule has 35 heavy (non-hydrogen) atoms. The van der Waals surface area contributed by atoms with Gasteiger partial charge in [0, 0.05) is 5.66 Å². The zero-order valence-corrected chi connectivity index (χ0v) is 24.0. The summed E-state index contributed by atoms with van der Waals surface area (Å²) >= 11 is 11.9. The van der Waals surface area contributed by atoms with Crippen LogP contribution < -0.4 is 21.7 Å². The van der Waals surface area contributed by atoms with Gasteiger partial charge < -0.3 is 22.6 Å². The molecule has 10 radical (unpaired) electrons. The standard InChI is InChI=1S/C23H20OPS2Si.C5H5.Fe.H3N/c26-25(27,20-12-10-11-13-20)24-28(21-14-4-1-5-15-21,22-16-6-2-7-17-22)23-18-8-3-9-19-23;1-2-4-5-3-1;;/h1-19H,(H,26,27);1-5H;;1H3/q;;+2;. The molecule has 2 fully saturated rings. The summed E-state index contributed by atoms with van der Waals surface area (Å²) in [6.45, 7) is 0. The summed E-state index contributed by atoms with van der Waals surface area (Å²) in [4.78, 5) is 0. The molecule has 0 heterocycles. The number of hydrogen-bond donors (Lipinski definition) is 1. The molecule has 0 saturated heterocycles. The van der Waals surface area contributed by atoms with Crippen LogP contribution in [-0.4, -0.2) is 8.32 Å². The Labute approximate surface area is 234 Å². The predicted octanol–water partition coefficient (Wildman–Crippen LogP) is 5.28. The van der Waals surface area contributed by atoms with Crippen molar-refractivity contribution in [1.29, 1.82) is 0 Å². The zero-order valence-electron chi connectivity index (χ0n) is 19.4. The summed E-state index contributed by atoms with van der Waals surface area (Å²) in [5.74, 6) is 0. The summed E-state index contributed by atoms with van der Waals surface area (Å²) in [6.07, 6.45) is 17.9. The van der Waals surface area contributed by atoms with Crippen LogP contribution in [0.2, 0.25) is 0 Å². The zero-order chi connectivity index (χ0) is 23.0. The first kappa shape index (κ1) is 30.5.